The summed E-state index contributed by atoms with van der Waals surface area (Å²) in [6.45, 7) is 7.00. The number of aromatic nitrogens is 4. The fourth-order valence-electron chi connectivity index (χ4n) is 2.82. The first-order chi connectivity index (χ1) is 12.4. The van der Waals surface area contributed by atoms with E-state index in [0.29, 0.717) is 12.5 Å². The van der Waals surface area contributed by atoms with Crippen molar-refractivity contribution in [3.05, 3.63) is 42.1 Å². The van der Waals surface area contributed by atoms with Crippen molar-refractivity contribution in [1.82, 2.24) is 25.1 Å². The number of hydrogen-bond acceptors (Lipinski definition) is 6. The van der Waals surface area contributed by atoms with Gasteiger partial charge < -0.3 is 16.0 Å². The van der Waals surface area contributed by atoms with Gasteiger partial charge in [-0.05, 0) is 33.4 Å². The van der Waals surface area contributed by atoms with Gasteiger partial charge >= 0.3 is 0 Å². The molecule has 26 heavy (non-hydrogen) atoms. The van der Waals surface area contributed by atoms with Crippen LogP contribution >= 0.6 is 0 Å². The minimum absolute atomic E-state index is 0.105. The minimum atomic E-state index is -0.105. The molecule has 1 unspecified atom stereocenters. The predicted molar refractivity (Wildman–Crippen MR) is 106 cm³/mol. The molecule has 7 nitrogen and oxygen atoms in total. The van der Waals surface area contributed by atoms with Crippen molar-refractivity contribution in [2.45, 2.75) is 32.4 Å². The Morgan fingerprint density at radius 1 is 1.12 bits per heavy atom. The van der Waals surface area contributed by atoms with Crippen LogP contribution < -0.4 is 16.0 Å². The molecule has 0 aliphatic carbocycles. The molecule has 0 fully saturated rings. The minimum Gasteiger partial charge on any atom is -0.365 e. The summed E-state index contributed by atoms with van der Waals surface area (Å²) in [7, 11) is 3.84. The van der Waals surface area contributed by atoms with E-state index in [9.17, 15) is 0 Å². The molecular formula is C19H27N7. The summed E-state index contributed by atoms with van der Waals surface area (Å²) in [6.07, 6.45) is 1.80. The van der Waals surface area contributed by atoms with Gasteiger partial charge in [0.15, 0.2) is 5.65 Å². The van der Waals surface area contributed by atoms with E-state index in [-0.39, 0.29) is 11.6 Å². The monoisotopic (exact) mass is 353 g/mol. The molecular weight excluding hydrogens is 326 g/mol. The number of fused-ring (bicyclic) bond motifs is 1. The average molecular weight is 353 g/mol. The molecule has 0 amide bonds. The van der Waals surface area contributed by atoms with Crippen molar-refractivity contribution in [2.24, 2.45) is 7.05 Å². The number of rotatable bonds is 6. The van der Waals surface area contributed by atoms with E-state index in [1.165, 1.54) is 5.56 Å². The Labute approximate surface area is 154 Å². The Kier molecular flexibility index (Phi) is 5.08. The van der Waals surface area contributed by atoms with Crippen LogP contribution in [0.2, 0.25) is 0 Å². The largest absolute Gasteiger partial charge is 0.365 e. The number of aryl methyl sites for hydroxylation is 1. The van der Waals surface area contributed by atoms with Gasteiger partial charge in [0, 0.05) is 25.2 Å². The number of likely N-dealkylation sites (N-methyl/N-ethyl adjacent to an activating group) is 1. The molecule has 2 heterocycles. The van der Waals surface area contributed by atoms with E-state index in [1.54, 1.807) is 10.9 Å². The molecule has 3 N–H and O–H groups in total. The summed E-state index contributed by atoms with van der Waals surface area (Å²) in [6, 6.07) is 10.5. The molecule has 1 aromatic carbocycles. The highest BCUT2D eigenvalue weighted by Crippen LogP contribution is 2.24. The van der Waals surface area contributed by atoms with Crippen molar-refractivity contribution < 1.29 is 0 Å². The van der Waals surface area contributed by atoms with Crippen molar-refractivity contribution in [3.8, 4) is 0 Å². The first-order valence-electron chi connectivity index (χ1n) is 8.81. The van der Waals surface area contributed by atoms with Gasteiger partial charge in [-0.25, -0.2) is 0 Å². The summed E-state index contributed by atoms with van der Waals surface area (Å²) in [5.74, 6) is 1.38. The molecule has 0 aliphatic rings. The van der Waals surface area contributed by atoms with E-state index in [2.05, 4.69) is 63.9 Å². The van der Waals surface area contributed by atoms with E-state index in [1.807, 2.05) is 32.3 Å². The highest BCUT2D eigenvalue weighted by molar-refractivity contribution is 5.87. The number of anilines is 2. The van der Waals surface area contributed by atoms with Gasteiger partial charge in [-0.1, -0.05) is 30.3 Å². The predicted octanol–water partition coefficient (Wildman–Crippen LogP) is 2.95. The molecule has 3 rings (SSSR count). The van der Waals surface area contributed by atoms with Crippen molar-refractivity contribution in [3.63, 3.8) is 0 Å². The zero-order valence-corrected chi connectivity index (χ0v) is 16.0. The second kappa shape index (κ2) is 7.29. The maximum Gasteiger partial charge on any atom is 0.226 e. The molecule has 0 radical (unpaired) electrons. The lowest BCUT2D eigenvalue weighted by atomic mass is 10.1. The second-order valence-electron chi connectivity index (χ2n) is 7.41. The normalized spacial score (nSPS) is 13.0. The van der Waals surface area contributed by atoms with Crippen LogP contribution in [0.1, 0.15) is 32.4 Å². The van der Waals surface area contributed by atoms with Gasteiger partial charge in [-0.3, -0.25) is 4.68 Å². The van der Waals surface area contributed by atoms with E-state index >= 15 is 0 Å². The summed E-state index contributed by atoms with van der Waals surface area (Å²) in [5, 5.41) is 15.4. The molecule has 7 heteroatoms. The van der Waals surface area contributed by atoms with Crippen molar-refractivity contribution in [1.29, 1.82) is 0 Å². The Balaban J connectivity index is 1.86. The quantitative estimate of drug-likeness (QED) is 0.632. The Morgan fingerprint density at radius 3 is 2.50 bits per heavy atom. The lowest BCUT2D eigenvalue weighted by Crippen LogP contribution is -2.28. The molecule has 0 bridgehead atoms. The third-order valence-electron chi connectivity index (χ3n) is 4.10. The van der Waals surface area contributed by atoms with Crippen LogP contribution in [0.4, 0.5) is 11.8 Å². The highest BCUT2D eigenvalue weighted by Gasteiger charge is 2.17. The highest BCUT2D eigenvalue weighted by atomic mass is 15.3. The van der Waals surface area contributed by atoms with Gasteiger partial charge in [-0.15, -0.1) is 0 Å². The zero-order valence-electron chi connectivity index (χ0n) is 16.0. The third-order valence-corrected chi connectivity index (χ3v) is 4.10. The summed E-state index contributed by atoms with van der Waals surface area (Å²) >= 11 is 0. The topological polar surface area (TPSA) is 79.7 Å². The lowest BCUT2D eigenvalue weighted by Gasteiger charge is -2.22. The number of nitrogens with zero attached hydrogens (tertiary/aromatic N) is 4. The fraction of sp³-hybridized carbons (Fsp3) is 0.421. The van der Waals surface area contributed by atoms with Gasteiger partial charge in [-0.2, -0.15) is 15.1 Å². The summed E-state index contributed by atoms with van der Waals surface area (Å²) in [5.41, 5.74) is 1.92. The standard InChI is InChI=1S/C19H27N7/c1-19(2,3)25-16-14-11-22-26(5)17(14)24-18(23-16)21-12-15(20-4)13-9-7-6-8-10-13/h6-11,15,20H,12H2,1-5H3,(H2,21,23,24,25). The van der Waals surface area contributed by atoms with Crippen LogP contribution in [0, 0.1) is 0 Å². The Morgan fingerprint density at radius 2 is 1.85 bits per heavy atom. The molecule has 0 saturated heterocycles. The van der Waals surface area contributed by atoms with Crippen LogP contribution in [0.3, 0.4) is 0 Å². The first-order valence-corrected chi connectivity index (χ1v) is 8.81. The molecule has 138 valence electrons. The lowest BCUT2D eigenvalue weighted by molar-refractivity contribution is 0.619. The van der Waals surface area contributed by atoms with Crippen LogP contribution in [0.15, 0.2) is 36.5 Å². The molecule has 1 atom stereocenters. The number of nitrogens with one attached hydrogen (secondary N) is 3. The molecule has 0 spiro atoms. The van der Waals surface area contributed by atoms with Crippen LogP contribution in [-0.4, -0.2) is 38.9 Å². The summed E-state index contributed by atoms with van der Waals surface area (Å²) < 4.78 is 1.77. The van der Waals surface area contributed by atoms with E-state index in [4.69, 9.17) is 0 Å². The zero-order chi connectivity index (χ0) is 18.7. The SMILES string of the molecule is CNC(CNc1nc(NC(C)(C)C)c2cnn(C)c2n1)c1ccccc1. The fourth-order valence-corrected chi connectivity index (χ4v) is 2.82. The molecule has 0 aliphatic heterocycles. The van der Waals surface area contributed by atoms with E-state index in [0.717, 1.165) is 16.9 Å². The van der Waals surface area contributed by atoms with Crippen molar-refractivity contribution in [2.75, 3.05) is 24.2 Å². The van der Waals surface area contributed by atoms with Gasteiger partial charge in [0.25, 0.3) is 0 Å². The Hall–Kier alpha value is -2.67. The number of hydrogen-bond donors (Lipinski definition) is 3. The summed E-state index contributed by atoms with van der Waals surface area (Å²) in [4.78, 5) is 9.32. The van der Waals surface area contributed by atoms with Gasteiger partial charge in [0.05, 0.1) is 11.6 Å². The Bertz CT molecular complexity index is 865. The van der Waals surface area contributed by atoms with Crippen LogP contribution in [0.25, 0.3) is 11.0 Å². The number of benzene rings is 1. The maximum absolute atomic E-state index is 4.69. The second-order valence-corrected chi connectivity index (χ2v) is 7.41. The maximum atomic E-state index is 4.69. The molecule has 0 saturated carbocycles. The molecule has 2 aromatic heterocycles. The van der Waals surface area contributed by atoms with Gasteiger partial charge in [0.2, 0.25) is 5.95 Å². The van der Waals surface area contributed by atoms with Gasteiger partial charge in [0.1, 0.15) is 5.82 Å². The van der Waals surface area contributed by atoms with Crippen LogP contribution in [0.5, 0.6) is 0 Å². The van der Waals surface area contributed by atoms with Crippen LogP contribution in [-0.2, 0) is 7.05 Å². The average Bonchev–Trinajstić information content (AvgIpc) is 2.97. The molecule has 3 aromatic rings. The van der Waals surface area contributed by atoms with Crippen molar-refractivity contribution >= 4 is 22.8 Å². The smallest absolute Gasteiger partial charge is 0.226 e. The third kappa shape index (κ3) is 4.11. The van der Waals surface area contributed by atoms with E-state index < -0.39 is 0 Å². The first kappa shape index (κ1) is 18.1.